The number of anilines is 2. The topological polar surface area (TPSA) is 326 Å². The number of fused-ring (bicyclic) bond motifs is 1. The van der Waals surface area contributed by atoms with E-state index in [4.69, 9.17) is 10.8 Å². The van der Waals surface area contributed by atoms with Crippen molar-refractivity contribution in [1.82, 2.24) is 0 Å². The van der Waals surface area contributed by atoms with Gasteiger partial charge in [0, 0.05) is 12.1 Å². The van der Waals surface area contributed by atoms with Crippen molar-refractivity contribution in [2.75, 3.05) is 11.2 Å². The lowest BCUT2D eigenvalue weighted by Crippen LogP contribution is -2.28. The summed E-state index contributed by atoms with van der Waals surface area (Å²) in [5.41, 5.74) is 5.25. The number of carboxylic acids is 1. The van der Waals surface area contributed by atoms with Gasteiger partial charge in [-0.05, 0) is 72.3 Å². The second-order valence-electron chi connectivity index (χ2n) is 10.2. The van der Waals surface area contributed by atoms with Gasteiger partial charge in [0.25, 0.3) is 25.9 Å². The number of allylic oxidation sites excluding steroid dienone is 1. The van der Waals surface area contributed by atoms with Gasteiger partial charge in [-0.3, -0.25) is 29.4 Å². The smallest absolute Gasteiger partial charge is 0.339 e. The molecule has 20 nitrogen and oxygen atoms in total. The van der Waals surface area contributed by atoms with E-state index < -0.39 is 80.7 Å². The van der Waals surface area contributed by atoms with Gasteiger partial charge in [0.1, 0.15) is 26.8 Å². The van der Waals surface area contributed by atoms with Gasteiger partial charge in [0.2, 0.25) is 5.78 Å². The van der Waals surface area contributed by atoms with Crippen LogP contribution in [0.1, 0.15) is 26.3 Å². The Morgan fingerprint density at radius 3 is 1.96 bits per heavy atom. The first-order chi connectivity index (χ1) is 23.9. The van der Waals surface area contributed by atoms with Crippen molar-refractivity contribution >= 4 is 83.6 Å². The summed E-state index contributed by atoms with van der Waals surface area (Å²) in [5.74, 6) is -3.04. The Morgan fingerprint density at radius 1 is 0.824 bits per heavy atom. The zero-order chi connectivity index (χ0) is 37.2. The summed E-state index contributed by atoms with van der Waals surface area (Å²) >= 11 is 0. The first-order valence-corrected chi connectivity index (χ1v) is 16.6. The third kappa shape index (κ3) is 7.78. The number of aromatic hydroxyl groups is 1. The highest BCUT2D eigenvalue weighted by Crippen LogP contribution is 2.41. The molecule has 0 atom stereocenters. The van der Waals surface area contributed by atoms with Crippen molar-refractivity contribution in [2.24, 2.45) is 25.6 Å². The first kappa shape index (κ1) is 35.6. The third-order valence-corrected chi connectivity index (χ3v) is 8.57. The van der Waals surface area contributed by atoms with Gasteiger partial charge in [-0.15, -0.1) is 5.11 Å². The molecule has 7 N–H and O–H groups in total. The Bertz CT molecular complexity index is 2480. The van der Waals surface area contributed by atoms with Gasteiger partial charge in [-0.25, -0.2) is 4.79 Å². The fourth-order valence-corrected chi connectivity index (χ4v) is 5.77. The Kier molecular flexibility index (Phi) is 9.50. The summed E-state index contributed by atoms with van der Waals surface area (Å²) in [6.45, 7) is 0. The molecule has 1 aliphatic carbocycles. The molecule has 22 heteroatoms. The molecule has 260 valence electrons. The summed E-state index contributed by atoms with van der Waals surface area (Å²) in [6.07, 6.45) is 0.706. The number of aromatic carboxylic acids is 1. The number of ketones is 1. The Hall–Kier alpha value is -6.75. The number of nitro groups is 1. The van der Waals surface area contributed by atoms with E-state index >= 15 is 0 Å². The van der Waals surface area contributed by atoms with Crippen LogP contribution in [0.15, 0.2) is 108 Å². The number of hydrogen-bond donors (Lipinski definition) is 6. The minimum Gasteiger partial charge on any atom is -0.507 e. The Balaban J connectivity index is 1.49. The van der Waals surface area contributed by atoms with E-state index in [9.17, 15) is 50.8 Å². The number of nitrogens with zero attached hydrogens (tertiary/aromatic N) is 6. The highest BCUT2D eigenvalue weighted by Gasteiger charge is 2.37. The number of carboxylic acid groups (broad SMARTS) is 1. The maximum absolute atomic E-state index is 13.7. The number of rotatable bonds is 10. The summed E-state index contributed by atoms with van der Waals surface area (Å²) in [5, 5.41) is 48.9. The molecule has 5 rings (SSSR count). The fraction of sp³-hybridized carbons (Fsp3) is 0. The lowest BCUT2D eigenvalue weighted by Gasteiger charge is -2.20. The second kappa shape index (κ2) is 13.6. The number of non-ortho nitro benzene ring substituents is 1. The highest BCUT2D eigenvalue weighted by molar-refractivity contribution is 7.91. The molecule has 51 heavy (non-hydrogen) atoms. The molecule has 0 aromatic heterocycles. The average Bonchev–Trinajstić information content (AvgIpc) is 3.06. The van der Waals surface area contributed by atoms with Crippen molar-refractivity contribution in [3.8, 4) is 5.75 Å². The van der Waals surface area contributed by atoms with Gasteiger partial charge in [0.15, 0.2) is 5.71 Å². The van der Waals surface area contributed by atoms with Crippen LogP contribution in [-0.4, -0.2) is 58.5 Å². The summed E-state index contributed by atoms with van der Waals surface area (Å²) in [4.78, 5) is 33.1. The highest BCUT2D eigenvalue weighted by atomic mass is 32.2. The standard InChI is InChI=1S/C29H20N8O12S2/c30-25-24-14(11-22(50(44,45)46)26(25)35-32-17-5-8-19(9-6-17)37(42)43)12-23(51(47,48)49)27(28(24)39)36-33-16-3-1-15(2-4-16)31-34-18-7-10-21(38)20(13-18)29(40)41/h1-13,33,38H,30H2,(H,40,41)(H,44,45,46)(H,47,48,49). The lowest BCUT2D eigenvalue weighted by molar-refractivity contribution is -0.384. The summed E-state index contributed by atoms with van der Waals surface area (Å²) in [6, 6.07) is 14.4. The lowest BCUT2D eigenvalue weighted by atomic mass is 9.92. The minimum atomic E-state index is -5.19. The summed E-state index contributed by atoms with van der Waals surface area (Å²) in [7, 11) is -10.3. The van der Waals surface area contributed by atoms with Crippen LogP contribution in [0.3, 0.4) is 0 Å². The molecule has 0 saturated heterocycles. The molecule has 0 fully saturated rings. The number of carbonyl (C=O) groups is 2. The third-order valence-electron chi connectivity index (χ3n) is 6.83. The van der Waals surface area contributed by atoms with Crippen LogP contribution < -0.4 is 11.2 Å². The van der Waals surface area contributed by atoms with Crippen LogP contribution in [0.5, 0.6) is 5.75 Å². The van der Waals surface area contributed by atoms with E-state index in [0.717, 1.165) is 24.3 Å². The second-order valence-corrected chi connectivity index (χ2v) is 13.0. The molecule has 0 unspecified atom stereocenters. The molecule has 0 saturated carbocycles. The van der Waals surface area contributed by atoms with Gasteiger partial charge in [-0.1, -0.05) is 0 Å². The van der Waals surface area contributed by atoms with Gasteiger partial charge >= 0.3 is 5.97 Å². The number of hydrazone groups is 1. The van der Waals surface area contributed by atoms with E-state index in [1.54, 1.807) is 0 Å². The summed E-state index contributed by atoms with van der Waals surface area (Å²) < 4.78 is 69.0. The van der Waals surface area contributed by atoms with E-state index in [0.29, 0.717) is 12.1 Å². The molecule has 4 aromatic rings. The Labute approximate surface area is 285 Å². The van der Waals surface area contributed by atoms with Crippen LogP contribution in [0.25, 0.3) is 6.08 Å². The van der Waals surface area contributed by atoms with Crippen LogP contribution in [0, 0.1) is 10.1 Å². The fourth-order valence-electron chi connectivity index (χ4n) is 4.44. The van der Waals surface area contributed by atoms with E-state index in [-0.39, 0.29) is 34.0 Å². The van der Waals surface area contributed by atoms with Crippen molar-refractivity contribution in [2.45, 2.75) is 4.90 Å². The van der Waals surface area contributed by atoms with Crippen LogP contribution in [0.4, 0.5) is 39.8 Å². The maximum Gasteiger partial charge on any atom is 0.339 e. The molecule has 4 aromatic carbocycles. The largest absolute Gasteiger partial charge is 0.507 e. The van der Waals surface area contributed by atoms with Crippen molar-refractivity contribution < 1.29 is 50.7 Å². The number of nitrogens with one attached hydrogen (secondary N) is 1. The number of azo groups is 2. The number of nitrogen functional groups attached to an aromatic ring is 1. The monoisotopic (exact) mass is 736 g/mol. The van der Waals surface area contributed by atoms with Crippen molar-refractivity contribution in [3.05, 3.63) is 105 Å². The number of benzene rings is 4. The quantitative estimate of drug-likeness (QED) is 0.0382. The normalized spacial score (nSPS) is 14.1. The molecular formula is C29H20N8O12S2. The van der Waals surface area contributed by atoms with Gasteiger partial charge < -0.3 is 15.9 Å². The SMILES string of the molecule is Nc1c(N=Nc2ccc([N+](=O)[O-])cc2)c(S(=O)(=O)O)cc2c1C(=O)C(=NNc1ccc(N=Nc3ccc(O)c(C(=O)O)c3)cc1)C(S(=O)(=O)O)=C2. The predicted octanol–water partition coefficient (Wildman–Crippen LogP) is 5.55. The van der Waals surface area contributed by atoms with Crippen molar-refractivity contribution in [1.29, 1.82) is 0 Å². The van der Waals surface area contributed by atoms with Crippen LogP contribution in [-0.2, 0) is 20.2 Å². The van der Waals surface area contributed by atoms with Gasteiger partial charge in [0.05, 0.1) is 38.9 Å². The first-order valence-electron chi connectivity index (χ1n) is 13.7. The number of phenols is 1. The minimum absolute atomic E-state index is 0.00879. The molecule has 1 aliphatic rings. The number of carbonyl (C=O) groups excluding carboxylic acids is 1. The van der Waals surface area contributed by atoms with Crippen LogP contribution >= 0.6 is 0 Å². The maximum atomic E-state index is 13.7. The molecule has 0 heterocycles. The van der Waals surface area contributed by atoms with Gasteiger partial charge in [-0.2, -0.15) is 37.3 Å². The number of Topliss-reactive ketones (excluding diaryl/α,β-unsaturated/α-hetero) is 1. The Morgan fingerprint density at radius 2 is 1.39 bits per heavy atom. The molecule has 0 amide bonds. The number of hydrogen-bond acceptors (Lipinski definition) is 16. The molecule has 0 radical (unpaired) electrons. The molecule has 0 spiro atoms. The van der Waals surface area contributed by atoms with Crippen molar-refractivity contribution in [3.63, 3.8) is 0 Å². The van der Waals surface area contributed by atoms with E-state index in [1.165, 1.54) is 42.5 Å². The zero-order valence-corrected chi connectivity index (χ0v) is 26.8. The predicted molar refractivity (Wildman–Crippen MR) is 179 cm³/mol. The molecule has 0 bridgehead atoms. The van der Waals surface area contributed by atoms with Crippen LogP contribution in [0.2, 0.25) is 0 Å². The van der Waals surface area contributed by atoms with E-state index in [1.807, 2.05) is 0 Å². The molecule has 0 aliphatic heterocycles. The van der Waals surface area contributed by atoms with E-state index in [2.05, 4.69) is 31.0 Å². The molecular weight excluding hydrogens is 716 g/mol. The number of nitro benzene ring substituents is 1. The zero-order valence-electron chi connectivity index (χ0n) is 25.1. The number of nitrogens with two attached hydrogens (primary N) is 1. The average molecular weight is 737 g/mol.